The SMILES string of the molecule is Cc1ccc(OCCN(C(=O)C2=C(c3ccc(CCCOc4cc(F)ccc4Br)cc3)C[C@@H]3CNC[C@H]2N3C(=O)O)C2CC2)cc1C. The number of carbonyl (C=O) groups excluding carboxylic acids is 1. The van der Waals surface area contributed by atoms with E-state index in [9.17, 15) is 19.1 Å². The summed E-state index contributed by atoms with van der Waals surface area (Å²) in [7, 11) is 0. The van der Waals surface area contributed by atoms with Crippen LogP contribution in [-0.2, 0) is 11.2 Å². The smallest absolute Gasteiger partial charge is 0.408 e. The molecule has 2 heterocycles. The number of hydrogen-bond donors (Lipinski definition) is 2. The van der Waals surface area contributed by atoms with Crippen molar-refractivity contribution in [1.82, 2.24) is 15.1 Å². The first-order valence-corrected chi connectivity index (χ1v) is 17.1. The summed E-state index contributed by atoms with van der Waals surface area (Å²) >= 11 is 3.40. The van der Waals surface area contributed by atoms with Gasteiger partial charge in [-0.3, -0.25) is 9.69 Å². The average Bonchev–Trinajstić information content (AvgIpc) is 3.89. The molecule has 2 atom stereocenters. The number of carbonyl (C=O) groups is 2. The molecular formula is C37H41BrFN3O5. The number of amides is 2. The molecule has 2 aliphatic heterocycles. The molecule has 0 spiro atoms. The number of halogens is 2. The number of carboxylic acid groups (broad SMARTS) is 1. The zero-order valence-corrected chi connectivity index (χ0v) is 28.4. The molecule has 3 aromatic carbocycles. The molecule has 248 valence electrons. The normalized spacial score (nSPS) is 19.0. The lowest BCUT2D eigenvalue weighted by atomic mass is 9.81. The van der Waals surface area contributed by atoms with Crippen LogP contribution in [0.2, 0.25) is 0 Å². The monoisotopic (exact) mass is 705 g/mol. The summed E-state index contributed by atoms with van der Waals surface area (Å²) in [5.41, 5.74) is 5.91. The standard InChI is InChI=1S/C37H41BrFN3O5/c1-23-5-13-30(18-24(23)2)46-17-15-41(28-11-12-28)36(43)35-31(20-29-21-40-22-33(35)42(29)37(44)45)26-8-6-25(7-9-26)4-3-16-47-34-19-27(39)10-14-32(34)38/h5-10,13-14,18-19,28-29,33,40H,3-4,11-12,15-17,20-22H2,1-2H3,(H,44,45)/t29-,33-/m1/s1. The van der Waals surface area contributed by atoms with Crippen molar-refractivity contribution in [3.05, 3.63) is 98.8 Å². The van der Waals surface area contributed by atoms with E-state index in [-0.39, 0.29) is 23.8 Å². The van der Waals surface area contributed by atoms with E-state index < -0.39 is 12.1 Å². The van der Waals surface area contributed by atoms with Crippen LogP contribution in [0.3, 0.4) is 0 Å². The van der Waals surface area contributed by atoms with Crippen molar-refractivity contribution in [1.29, 1.82) is 0 Å². The number of nitrogens with zero attached hydrogens (tertiary/aromatic N) is 2. The summed E-state index contributed by atoms with van der Waals surface area (Å²) in [6.07, 6.45) is 2.85. The van der Waals surface area contributed by atoms with Gasteiger partial charge in [0.1, 0.15) is 23.9 Å². The molecule has 3 aliphatic rings. The molecule has 1 saturated carbocycles. The highest BCUT2D eigenvalue weighted by molar-refractivity contribution is 9.10. The maximum atomic E-state index is 14.5. The fraction of sp³-hybridized carbons (Fsp3) is 0.405. The molecule has 10 heteroatoms. The lowest BCUT2D eigenvalue weighted by Crippen LogP contribution is -2.63. The molecule has 0 unspecified atom stereocenters. The van der Waals surface area contributed by atoms with Crippen LogP contribution in [0.4, 0.5) is 9.18 Å². The predicted molar refractivity (Wildman–Crippen MR) is 182 cm³/mol. The lowest BCUT2D eigenvalue weighted by molar-refractivity contribution is -0.129. The van der Waals surface area contributed by atoms with Gasteiger partial charge in [0.15, 0.2) is 0 Å². The van der Waals surface area contributed by atoms with Crippen molar-refractivity contribution in [3.8, 4) is 11.5 Å². The Morgan fingerprint density at radius 1 is 1.00 bits per heavy atom. The van der Waals surface area contributed by atoms with Crippen LogP contribution in [0.15, 0.2) is 70.7 Å². The Kier molecular flexibility index (Phi) is 10.2. The summed E-state index contributed by atoms with van der Waals surface area (Å²) in [4.78, 5) is 30.4. The molecule has 1 aliphatic carbocycles. The Labute approximate surface area is 283 Å². The third kappa shape index (κ3) is 7.65. The largest absolute Gasteiger partial charge is 0.492 e. The number of hydrogen-bond acceptors (Lipinski definition) is 5. The van der Waals surface area contributed by atoms with Crippen molar-refractivity contribution in [3.63, 3.8) is 0 Å². The van der Waals surface area contributed by atoms with E-state index in [0.29, 0.717) is 55.1 Å². The molecule has 0 aromatic heterocycles. The van der Waals surface area contributed by atoms with E-state index in [1.807, 2.05) is 35.2 Å². The molecule has 2 fully saturated rings. The summed E-state index contributed by atoms with van der Waals surface area (Å²) in [5, 5.41) is 13.6. The quantitative estimate of drug-likeness (QED) is 0.202. The van der Waals surface area contributed by atoms with Crippen molar-refractivity contribution >= 4 is 33.5 Å². The second kappa shape index (κ2) is 14.5. The topological polar surface area (TPSA) is 91.3 Å². The summed E-state index contributed by atoms with van der Waals surface area (Å²) in [6, 6.07) is 17.9. The van der Waals surface area contributed by atoms with Crippen LogP contribution < -0.4 is 14.8 Å². The minimum absolute atomic E-state index is 0.102. The number of fused-ring (bicyclic) bond motifs is 2. The van der Waals surface area contributed by atoms with Gasteiger partial charge in [0.25, 0.3) is 5.91 Å². The highest BCUT2D eigenvalue weighted by Gasteiger charge is 2.46. The first-order chi connectivity index (χ1) is 22.7. The molecule has 2 amide bonds. The van der Waals surface area contributed by atoms with Gasteiger partial charge in [0, 0.05) is 30.8 Å². The first-order valence-electron chi connectivity index (χ1n) is 16.3. The van der Waals surface area contributed by atoms with E-state index in [1.165, 1.54) is 22.6 Å². The Hall–Kier alpha value is -3.89. The summed E-state index contributed by atoms with van der Waals surface area (Å²) in [6.45, 7) is 6.28. The molecular weight excluding hydrogens is 665 g/mol. The van der Waals surface area contributed by atoms with Gasteiger partial charge in [0.2, 0.25) is 0 Å². The zero-order chi connectivity index (χ0) is 33.1. The number of nitrogens with one attached hydrogen (secondary N) is 1. The third-order valence-electron chi connectivity index (χ3n) is 9.39. The van der Waals surface area contributed by atoms with Crippen LogP contribution in [0.1, 0.15) is 47.9 Å². The molecule has 47 heavy (non-hydrogen) atoms. The van der Waals surface area contributed by atoms with E-state index in [2.05, 4.69) is 47.2 Å². The number of piperazine rings is 1. The fourth-order valence-electron chi connectivity index (χ4n) is 6.61. The number of aryl methyl sites for hydroxylation is 3. The van der Waals surface area contributed by atoms with Gasteiger partial charge in [-0.1, -0.05) is 30.3 Å². The molecule has 3 aromatic rings. The van der Waals surface area contributed by atoms with Gasteiger partial charge in [-0.25, -0.2) is 9.18 Å². The maximum Gasteiger partial charge on any atom is 0.408 e. The van der Waals surface area contributed by atoms with Crippen molar-refractivity contribution in [2.24, 2.45) is 0 Å². The van der Waals surface area contributed by atoms with Crippen molar-refractivity contribution in [2.75, 3.05) is 32.8 Å². The van der Waals surface area contributed by atoms with Gasteiger partial charge in [-0.05, 0) is 114 Å². The van der Waals surface area contributed by atoms with Crippen LogP contribution in [-0.4, -0.2) is 77.9 Å². The number of benzene rings is 3. The Morgan fingerprint density at radius 3 is 2.51 bits per heavy atom. The Morgan fingerprint density at radius 2 is 1.79 bits per heavy atom. The van der Waals surface area contributed by atoms with E-state index in [0.717, 1.165) is 53.7 Å². The Bertz CT molecular complexity index is 1660. The highest BCUT2D eigenvalue weighted by atomic mass is 79.9. The van der Waals surface area contributed by atoms with E-state index >= 15 is 0 Å². The molecule has 8 nitrogen and oxygen atoms in total. The predicted octanol–water partition coefficient (Wildman–Crippen LogP) is 6.76. The summed E-state index contributed by atoms with van der Waals surface area (Å²) in [5.74, 6) is 0.813. The van der Waals surface area contributed by atoms with Gasteiger partial charge in [-0.2, -0.15) is 0 Å². The maximum absolute atomic E-state index is 14.5. The first kappa shape index (κ1) is 33.0. The minimum atomic E-state index is -0.996. The number of ether oxygens (including phenoxy) is 2. The van der Waals surface area contributed by atoms with Gasteiger partial charge in [-0.15, -0.1) is 0 Å². The van der Waals surface area contributed by atoms with E-state index in [1.54, 1.807) is 6.07 Å². The zero-order valence-electron chi connectivity index (χ0n) is 26.8. The molecule has 0 radical (unpaired) electrons. The van der Waals surface area contributed by atoms with Crippen molar-refractivity contribution in [2.45, 2.75) is 64.1 Å². The van der Waals surface area contributed by atoms with Gasteiger partial charge >= 0.3 is 6.09 Å². The minimum Gasteiger partial charge on any atom is -0.492 e. The number of rotatable bonds is 12. The molecule has 6 rings (SSSR count). The second-order valence-corrected chi connectivity index (χ2v) is 13.5. The highest BCUT2D eigenvalue weighted by Crippen LogP contribution is 2.39. The molecule has 2 bridgehead atoms. The Balaban J connectivity index is 1.20. The van der Waals surface area contributed by atoms with Gasteiger partial charge < -0.3 is 24.8 Å². The van der Waals surface area contributed by atoms with Crippen LogP contribution in [0.5, 0.6) is 11.5 Å². The lowest BCUT2D eigenvalue weighted by Gasteiger charge is -2.47. The van der Waals surface area contributed by atoms with E-state index in [4.69, 9.17) is 9.47 Å². The third-order valence-corrected chi connectivity index (χ3v) is 10.0. The molecule has 2 N–H and O–H groups in total. The average molecular weight is 707 g/mol. The fourth-order valence-corrected chi connectivity index (χ4v) is 6.97. The van der Waals surface area contributed by atoms with Crippen LogP contribution in [0, 0.1) is 19.7 Å². The van der Waals surface area contributed by atoms with Gasteiger partial charge in [0.05, 0.1) is 29.7 Å². The van der Waals surface area contributed by atoms with Crippen LogP contribution in [0.25, 0.3) is 5.57 Å². The van der Waals surface area contributed by atoms with Crippen LogP contribution >= 0.6 is 15.9 Å². The molecule has 1 saturated heterocycles. The van der Waals surface area contributed by atoms with Crippen molar-refractivity contribution < 1.29 is 28.6 Å². The second-order valence-electron chi connectivity index (χ2n) is 12.7. The summed E-state index contributed by atoms with van der Waals surface area (Å²) < 4.78 is 26.1.